The van der Waals surface area contributed by atoms with E-state index < -0.39 is 39.2 Å². The van der Waals surface area contributed by atoms with E-state index in [1.54, 1.807) is 13.8 Å². The summed E-state index contributed by atoms with van der Waals surface area (Å²) >= 11 is 0. The lowest BCUT2D eigenvalue weighted by Crippen LogP contribution is -2.44. The van der Waals surface area contributed by atoms with Gasteiger partial charge in [-0.15, -0.1) is 6.58 Å². The predicted molar refractivity (Wildman–Crippen MR) is 125 cm³/mol. The number of carbonyl (C=O) groups excluding carboxylic acids is 1. The van der Waals surface area contributed by atoms with Gasteiger partial charge >= 0.3 is 21.4 Å². The van der Waals surface area contributed by atoms with Gasteiger partial charge in [-0.25, -0.2) is 9.36 Å². The Hall–Kier alpha value is -1.35. The molecule has 0 radical (unpaired) electrons. The first kappa shape index (κ1) is 29.7. The SMILES string of the molecule is C=CC(NCC(C(C)OP(=O)(O)OCC)P(=O)(OCC)OCC)C(=O)OCc1ccccc1. The molecule has 0 saturated heterocycles. The summed E-state index contributed by atoms with van der Waals surface area (Å²) in [4.78, 5) is 22.4. The summed E-state index contributed by atoms with van der Waals surface area (Å²) in [7, 11) is -8.21. The molecule has 0 aliphatic rings. The summed E-state index contributed by atoms with van der Waals surface area (Å²) in [5.74, 6) is -0.592. The molecular formula is C21H35NO9P2. The van der Waals surface area contributed by atoms with Crippen LogP contribution in [0.2, 0.25) is 0 Å². The zero-order valence-corrected chi connectivity index (χ0v) is 21.3. The topological polar surface area (TPSA) is 130 Å². The molecule has 0 bridgehead atoms. The maximum Gasteiger partial charge on any atom is 0.472 e. The highest BCUT2D eigenvalue weighted by Crippen LogP contribution is 2.56. The highest BCUT2D eigenvalue weighted by molar-refractivity contribution is 7.54. The van der Waals surface area contributed by atoms with E-state index in [4.69, 9.17) is 22.8 Å². The third kappa shape index (κ3) is 10.2. The molecule has 2 N–H and O–H groups in total. The molecule has 1 aromatic carbocycles. The van der Waals surface area contributed by atoms with Gasteiger partial charge in [-0.1, -0.05) is 36.4 Å². The Bertz CT molecular complexity index is 811. The minimum Gasteiger partial charge on any atom is -0.459 e. The van der Waals surface area contributed by atoms with Crippen molar-refractivity contribution in [2.45, 2.75) is 52.1 Å². The third-order valence-corrected chi connectivity index (χ3v) is 8.25. The second kappa shape index (κ2) is 14.8. The van der Waals surface area contributed by atoms with Crippen LogP contribution in [0.5, 0.6) is 0 Å². The molecule has 12 heteroatoms. The fourth-order valence-corrected chi connectivity index (χ4v) is 6.06. The number of hydrogen-bond acceptors (Lipinski definition) is 9. The summed E-state index contributed by atoms with van der Waals surface area (Å²) in [6, 6.07) is 8.23. The summed E-state index contributed by atoms with van der Waals surface area (Å²) in [5, 5.41) is 2.91. The molecule has 4 atom stereocenters. The average Bonchev–Trinajstić information content (AvgIpc) is 2.75. The van der Waals surface area contributed by atoms with Gasteiger partial charge in [0.15, 0.2) is 0 Å². The summed E-state index contributed by atoms with van der Waals surface area (Å²) in [6.07, 6.45) is 0.258. The molecule has 0 fully saturated rings. The van der Waals surface area contributed by atoms with E-state index in [1.807, 2.05) is 30.3 Å². The van der Waals surface area contributed by atoms with Gasteiger partial charge in [-0.05, 0) is 33.3 Å². The highest BCUT2D eigenvalue weighted by atomic mass is 31.2. The van der Waals surface area contributed by atoms with E-state index >= 15 is 0 Å². The Kier molecular flexibility index (Phi) is 13.3. The highest BCUT2D eigenvalue weighted by Gasteiger charge is 2.43. The number of phosphoric acid groups is 1. The molecule has 10 nitrogen and oxygen atoms in total. The third-order valence-electron chi connectivity index (χ3n) is 4.42. The Morgan fingerprint density at radius 2 is 1.67 bits per heavy atom. The fourth-order valence-electron chi connectivity index (χ4n) is 2.93. The van der Waals surface area contributed by atoms with Crippen molar-refractivity contribution in [3.8, 4) is 0 Å². The molecule has 0 aromatic heterocycles. The summed E-state index contributed by atoms with van der Waals surface area (Å²) < 4.78 is 51.7. The Labute approximate surface area is 195 Å². The number of esters is 1. The predicted octanol–water partition coefficient (Wildman–Crippen LogP) is 4.05. The smallest absolute Gasteiger partial charge is 0.459 e. The van der Waals surface area contributed by atoms with Gasteiger partial charge in [0.05, 0.1) is 25.9 Å². The minimum absolute atomic E-state index is 0.0518. The van der Waals surface area contributed by atoms with Gasteiger partial charge in [0.25, 0.3) is 0 Å². The fraction of sp³-hybridized carbons (Fsp3) is 0.571. The molecule has 1 aromatic rings. The van der Waals surface area contributed by atoms with Crippen molar-refractivity contribution >= 4 is 21.4 Å². The van der Waals surface area contributed by atoms with Crippen molar-refractivity contribution < 1.29 is 41.6 Å². The van der Waals surface area contributed by atoms with Crippen molar-refractivity contribution in [3.05, 3.63) is 48.6 Å². The number of carbonyl (C=O) groups is 1. The van der Waals surface area contributed by atoms with Crippen LogP contribution in [0.15, 0.2) is 43.0 Å². The standard InChI is InChI=1S/C21H35NO9P2/c1-6-19(21(23)27-16-18-13-11-10-12-14-18)22-15-20(32(24,28-7-2)29-8-3)17(5)31-33(25,26)30-9-4/h6,10-14,17,19-20,22H,1,7-9,15-16H2,2-5H3,(H,25,26). The van der Waals surface area contributed by atoms with Crippen molar-refractivity contribution in [1.82, 2.24) is 5.32 Å². The number of benzene rings is 1. The van der Waals surface area contributed by atoms with E-state index in [-0.39, 0.29) is 33.0 Å². The second-order valence-corrected chi connectivity index (χ2v) is 10.5. The van der Waals surface area contributed by atoms with Crippen molar-refractivity contribution in [2.75, 3.05) is 26.4 Å². The Balaban J connectivity index is 2.97. The Morgan fingerprint density at radius 3 is 2.18 bits per heavy atom. The lowest BCUT2D eigenvalue weighted by atomic mass is 10.2. The number of nitrogens with one attached hydrogen (secondary N) is 1. The summed E-state index contributed by atoms with van der Waals surface area (Å²) in [6.45, 7) is 9.98. The molecule has 0 aliphatic heterocycles. The molecule has 188 valence electrons. The lowest BCUT2D eigenvalue weighted by Gasteiger charge is -2.32. The van der Waals surface area contributed by atoms with Crippen LogP contribution < -0.4 is 5.32 Å². The number of rotatable bonds is 17. The number of ether oxygens (including phenoxy) is 1. The normalized spacial score (nSPS) is 16.4. The first-order valence-electron chi connectivity index (χ1n) is 10.7. The van der Waals surface area contributed by atoms with E-state index in [1.165, 1.54) is 19.9 Å². The maximum atomic E-state index is 13.5. The van der Waals surface area contributed by atoms with Gasteiger partial charge in [-0.3, -0.25) is 13.6 Å². The molecular weight excluding hydrogens is 472 g/mol. The maximum absolute atomic E-state index is 13.5. The lowest BCUT2D eigenvalue weighted by molar-refractivity contribution is -0.146. The molecule has 0 aliphatic carbocycles. The van der Waals surface area contributed by atoms with Crippen LogP contribution in [0.1, 0.15) is 33.3 Å². The van der Waals surface area contributed by atoms with Crippen molar-refractivity contribution in [2.24, 2.45) is 0 Å². The monoisotopic (exact) mass is 507 g/mol. The number of phosphoric ester groups is 1. The quantitative estimate of drug-likeness (QED) is 0.181. The van der Waals surface area contributed by atoms with Crippen molar-refractivity contribution in [1.29, 1.82) is 0 Å². The zero-order chi connectivity index (χ0) is 24.9. The summed E-state index contributed by atoms with van der Waals surface area (Å²) in [5.41, 5.74) is -0.219. The molecule has 0 amide bonds. The van der Waals surface area contributed by atoms with Gasteiger partial charge in [0.1, 0.15) is 18.3 Å². The van der Waals surface area contributed by atoms with Crippen LogP contribution in [0.4, 0.5) is 0 Å². The number of hydrogen-bond donors (Lipinski definition) is 2. The molecule has 4 unspecified atom stereocenters. The molecule has 0 spiro atoms. The van der Waals surface area contributed by atoms with Gasteiger partial charge in [0, 0.05) is 6.54 Å². The molecule has 1 rings (SSSR count). The van der Waals surface area contributed by atoms with Crippen LogP contribution in [0.25, 0.3) is 0 Å². The molecule has 0 heterocycles. The van der Waals surface area contributed by atoms with Gasteiger partial charge in [0.2, 0.25) is 0 Å². The van der Waals surface area contributed by atoms with Crippen LogP contribution in [-0.2, 0) is 43.4 Å². The zero-order valence-electron chi connectivity index (χ0n) is 19.5. The van der Waals surface area contributed by atoms with E-state index in [2.05, 4.69) is 11.9 Å². The van der Waals surface area contributed by atoms with E-state index in [0.29, 0.717) is 0 Å². The van der Waals surface area contributed by atoms with Gasteiger partial charge in [-0.2, -0.15) is 0 Å². The molecule has 0 saturated carbocycles. The molecule has 33 heavy (non-hydrogen) atoms. The van der Waals surface area contributed by atoms with Crippen LogP contribution in [0, 0.1) is 0 Å². The first-order chi connectivity index (χ1) is 15.6. The van der Waals surface area contributed by atoms with Crippen LogP contribution in [-0.4, -0.2) is 55.0 Å². The van der Waals surface area contributed by atoms with Crippen LogP contribution >= 0.6 is 15.4 Å². The first-order valence-corrected chi connectivity index (χ1v) is 13.8. The Morgan fingerprint density at radius 1 is 1.09 bits per heavy atom. The van der Waals surface area contributed by atoms with E-state index in [0.717, 1.165) is 5.56 Å². The van der Waals surface area contributed by atoms with Gasteiger partial charge < -0.3 is 24.0 Å². The van der Waals surface area contributed by atoms with E-state index in [9.17, 15) is 18.8 Å². The van der Waals surface area contributed by atoms with Crippen LogP contribution in [0.3, 0.4) is 0 Å². The second-order valence-electron chi connectivity index (χ2n) is 6.85. The average molecular weight is 507 g/mol. The largest absolute Gasteiger partial charge is 0.472 e. The van der Waals surface area contributed by atoms with Crippen molar-refractivity contribution in [3.63, 3.8) is 0 Å². The minimum atomic E-state index is -4.40.